The van der Waals surface area contributed by atoms with E-state index >= 15 is 0 Å². The van der Waals surface area contributed by atoms with Crippen LogP contribution in [-0.4, -0.2) is 77.3 Å². The van der Waals surface area contributed by atoms with E-state index in [0.717, 1.165) is 0 Å². The standard InChI is InChI=1S/2Na.H2O5S.2H/c;;1-5-6(2,3)4;;/h;;1H,(H,2,3,4);;. The minimum absolute atomic E-state index is 0. The van der Waals surface area contributed by atoms with E-state index in [4.69, 9.17) is 18.2 Å². The average molecular weight is 162 g/mol. The Labute approximate surface area is 90.9 Å². The van der Waals surface area contributed by atoms with Crippen molar-refractivity contribution >= 4 is 69.5 Å². The summed E-state index contributed by atoms with van der Waals surface area (Å²) in [6.45, 7) is 0. The van der Waals surface area contributed by atoms with Gasteiger partial charge >= 0.3 is 69.5 Å². The first-order valence-corrected chi connectivity index (χ1v) is 2.23. The summed E-state index contributed by atoms with van der Waals surface area (Å²) < 4.78 is 28.0. The molecule has 0 radical (unpaired) electrons. The fourth-order valence-electron chi connectivity index (χ4n) is 0. The van der Waals surface area contributed by atoms with Gasteiger partial charge in [-0.25, -0.2) is 5.26 Å². The quantitative estimate of drug-likeness (QED) is 0.201. The van der Waals surface area contributed by atoms with Crippen molar-refractivity contribution in [3.63, 3.8) is 0 Å². The summed E-state index contributed by atoms with van der Waals surface area (Å²) in [5.41, 5.74) is 0. The summed E-state index contributed by atoms with van der Waals surface area (Å²) >= 11 is 0. The predicted octanol–water partition coefficient (Wildman–Crippen LogP) is -2.02. The minimum atomic E-state index is -4.61. The first-order chi connectivity index (χ1) is 2.56. The summed E-state index contributed by atoms with van der Waals surface area (Å²) in [4.78, 5) is 0. The summed E-state index contributed by atoms with van der Waals surface area (Å²) in [5, 5.41) is 7.06. The van der Waals surface area contributed by atoms with Gasteiger partial charge in [-0.1, -0.05) is 4.33 Å². The number of rotatable bonds is 1. The van der Waals surface area contributed by atoms with Gasteiger partial charge in [0.1, 0.15) is 0 Å². The Kier molecular flexibility index (Phi) is 14.3. The SMILES string of the molecule is O=S(=O)(O)OO.[NaH].[NaH]. The van der Waals surface area contributed by atoms with E-state index in [1.165, 1.54) is 0 Å². The molecule has 0 spiro atoms. The van der Waals surface area contributed by atoms with Crippen LogP contribution in [0.1, 0.15) is 0 Å². The Morgan fingerprint density at radius 2 is 1.38 bits per heavy atom. The molecule has 0 aliphatic rings. The molecule has 0 amide bonds. The van der Waals surface area contributed by atoms with Crippen LogP contribution in [0.4, 0.5) is 0 Å². The zero-order valence-corrected chi connectivity index (χ0v) is 3.34. The van der Waals surface area contributed by atoms with E-state index in [-0.39, 0.29) is 59.1 Å². The van der Waals surface area contributed by atoms with Crippen molar-refractivity contribution in [1.29, 1.82) is 0 Å². The molecule has 5 nitrogen and oxygen atoms in total. The van der Waals surface area contributed by atoms with Crippen LogP contribution in [0.2, 0.25) is 0 Å². The second-order valence-electron chi connectivity index (χ2n) is 0.502. The Hall–Kier alpha value is 1.83. The van der Waals surface area contributed by atoms with E-state index in [1.807, 2.05) is 0 Å². The van der Waals surface area contributed by atoms with Crippen molar-refractivity contribution in [1.82, 2.24) is 0 Å². The van der Waals surface area contributed by atoms with Crippen LogP contribution in [0.5, 0.6) is 0 Å². The number of hydrogen-bond acceptors (Lipinski definition) is 4. The normalized spacial score (nSPS) is 8.75. The summed E-state index contributed by atoms with van der Waals surface area (Å²) in [7, 11) is -4.61. The molecule has 0 aliphatic heterocycles. The van der Waals surface area contributed by atoms with E-state index in [2.05, 4.69) is 4.33 Å². The van der Waals surface area contributed by atoms with E-state index in [1.54, 1.807) is 0 Å². The maximum atomic E-state index is 9.08. The molecule has 0 saturated heterocycles. The third-order valence-corrected chi connectivity index (χ3v) is 0.283. The monoisotopic (exact) mass is 162 g/mol. The van der Waals surface area contributed by atoms with Gasteiger partial charge < -0.3 is 0 Å². The second kappa shape index (κ2) is 6.94. The fraction of sp³-hybridized carbons (Fsp3) is 0. The van der Waals surface area contributed by atoms with Gasteiger partial charge in [-0.2, -0.15) is 8.42 Å². The molecule has 0 saturated carbocycles. The van der Waals surface area contributed by atoms with Crippen molar-refractivity contribution < 1.29 is 22.6 Å². The Bertz CT molecular complexity index is 112. The van der Waals surface area contributed by atoms with Crippen LogP contribution in [0.3, 0.4) is 0 Å². The molecule has 0 fully saturated rings. The Morgan fingerprint density at radius 3 is 1.38 bits per heavy atom. The third kappa shape index (κ3) is 15.7. The molecule has 0 bridgehead atoms. The van der Waals surface area contributed by atoms with Crippen molar-refractivity contribution in [2.24, 2.45) is 0 Å². The predicted molar refractivity (Wildman–Crippen MR) is 29.6 cm³/mol. The maximum absolute atomic E-state index is 9.08. The van der Waals surface area contributed by atoms with Crippen molar-refractivity contribution in [3.8, 4) is 0 Å². The van der Waals surface area contributed by atoms with Gasteiger partial charge in [0.2, 0.25) is 0 Å². The van der Waals surface area contributed by atoms with Crippen molar-refractivity contribution in [2.45, 2.75) is 0 Å². The summed E-state index contributed by atoms with van der Waals surface area (Å²) in [6, 6.07) is 0. The molecule has 8 heteroatoms. The zero-order valence-electron chi connectivity index (χ0n) is 2.53. The van der Waals surface area contributed by atoms with Gasteiger partial charge in [-0.15, -0.1) is 0 Å². The van der Waals surface area contributed by atoms with E-state index in [9.17, 15) is 0 Å². The van der Waals surface area contributed by atoms with Crippen molar-refractivity contribution in [2.75, 3.05) is 0 Å². The Morgan fingerprint density at radius 1 is 1.25 bits per heavy atom. The number of hydrogen-bond donors (Lipinski definition) is 2. The molecule has 0 unspecified atom stereocenters. The average Bonchev–Trinajstić information content (AvgIpc) is 1.35. The molecule has 0 rings (SSSR count). The van der Waals surface area contributed by atoms with Gasteiger partial charge in [-0.05, 0) is 0 Å². The van der Waals surface area contributed by atoms with Crippen LogP contribution in [0, 0.1) is 0 Å². The van der Waals surface area contributed by atoms with Gasteiger partial charge in [-0.3, -0.25) is 4.55 Å². The molecular formula is H4Na2O5S. The van der Waals surface area contributed by atoms with Gasteiger partial charge in [0.25, 0.3) is 0 Å². The molecule has 0 atom stereocenters. The van der Waals surface area contributed by atoms with Gasteiger partial charge in [0.05, 0.1) is 0 Å². The second-order valence-corrected chi connectivity index (χ2v) is 1.51. The van der Waals surface area contributed by atoms with Crippen molar-refractivity contribution in [3.05, 3.63) is 0 Å². The van der Waals surface area contributed by atoms with Crippen LogP contribution in [0.15, 0.2) is 0 Å². The fourth-order valence-corrected chi connectivity index (χ4v) is 0. The summed E-state index contributed by atoms with van der Waals surface area (Å²) in [6.07, 6.45) is 0. The van der Waals surface area contributed by atoms with Gasteiger partial charge in [0, 0.05) is 0 Å². The molecular weight excluding hydrogens is 158 g/mol. The topological polar surface area (TPSA) is 83.8 Å². The van der Waals surface area contributed by atoms with Gasteiger partial charge in [0.15, 0.2) is 0 Å². The summed E-state index contributed by atoms with van der Waals surface area (Å²) in [5.74, 6) is 0. The molecule has 0 aromatic carbocycles. The third-order valence-electron chi connectivity index (χ3n) is 0.0942. The van der Waals surface area contributed by atoms with Crippen LogP contribution >= 0.6 is 0 Å². The zero-order chi connectivity index (χ0) is 5.21. The molecule has 8 heavy (non-hydrogen) atoms. The Balaban J connectivity index is -0.000000125. The van der Waals surface area contributed by atoms with E-state index in [0.29, 0.717) is 0 Å². The first-order valence-electron chi connectivity index (χ1n) is 0.865. The first kappa shape index (κ1) is 16.4. The molecule has 0 aromatic heterocycles. The van der Waals surface area contributed by atoms with Crippen LogP contribution in [0.25, 0.3) is 0 Å². The molecule has 42 valence electrons. The van der Waals surface area contributed by atoms with E-state index < -0.39 is 10.4 Å². The van der Waals surface area contributed by atoms with Crippen LogP contribution in [-0.2, 0) is 14.7 Å². The van der Waals surface area contributed by atoms with Crippen LogP contribution < -0.4 is 0 Å². The molecule has 2 N–H and O–H groups in total. The molecule has 0 heterocycles. The molecule has 0 aromatic rings. The molecule has 0 aliphatic carbocycles.